The predicted molar refractivity (Wildman–Crippen MR) is 124 cm³/mol. The topological polar surface area (TPSA) is 116 Å². The molecule has 0 fully saturated rings. The number of benzene rings is 1. The van der Waals surface area contributed by atoms with Crippen LogP contribution in [0.4, 0.5) is 10.5 Å². The van der Waals surface area contributed by atoms with Crippen LogP contribution in [0, 0.1) is 0 Å². The third kappa shape index (κ3) is 6.69. The summed E-state index contributed by atoms with van der Waals surface area (Å²) in [5.74, 6) is -1.82. The van der Waals surface area contributed by atoms with Gasteiger partial charge in [0, 0.05) is 19.4 Å². The van der Waals surface area contributed by atoms with E-state index < -0.39 is 29.6 Å². The molecule has 1 aliphatic rings. The molecule has 2 rings (SSSR count). The number of carbonyl (C=O) groups is 4. The summed E-state index contributed by atoms with van der Waals surface area (Å²) >= 11 is 0. The van der Waals surface area contributed by atoms with Crippen molar-refractivity contribution in [3.05, 3.63) is 29.3 Å². The van der Waals surface area contributed by atoms with E-state index in [1.165, 1.54) is 11.8 Å². The van der Waals surface area contributed by atoms with Crippen LogP contribution in [-0.4, -0.2) is 45.5 Å². The number of hydrogen-bond acceptors (Lipinski definition) is 5. The van der Waals surface area contributed by atoms with Gasteiger partial charge in [-0.1, -0.05) is 25.8 Å². The van der Waals surface area contributed by atoms with Gasteiger partial charge in [-0.2, -0.15) is 0 Å². The maximum atomic E-state index is 12.9. The highest BCUT2D eigenvalue weighted by Gasteiger charge is 2.40. The van der Waals surface area contributed by atoms with Crippen LogP contribution in [0.25, 0.3) is 0 Å². The number of ether oxygens (including phenoxy) is 1. The summed E-state index contributed by atoms with van der Waals surface area (Å²) in [6, 6.07) is 3.48. The van der Waals surface area contributed by atoms with E-state index in [0.29, 0.717) is 18.4 Å². The molecule has 2 atom stereocenters. The molecular formula is C24H35N3O6. The van der Waals surface area contributed by atoms with Gasteiger partial charge < -0.3 is 14.7 Å². The zero-order valence-corrected chi connectivity index (χ0v) is 20.3. The molecule has 2 N–H and O–H groups in total. The summed E-state index contributed by atoms with van der Waals surface area (Å²) in [7, 11) is 0. The Labute approximate surface area is 195 Å². The number of nitrogens with zero attached hydrogens (tertiary/aromatic N) is 2. The standard InChI is InChI=1S/C24H35N3O6/c1-7-8-9-10-20(29)26-15(2)13-17-11-12-18(14-19(17)21(26)22(30)31)27(16(3)28)25-23(32)33-24(4,5)6/h11-12,14-15,21H,7-10,13H2,1-6H3,(H,25,32)(H,30,31)/t15-,21?/m0/s1. The number of aliphatic carboxylic acids is 1. The van der Waals surface area contributed by atoms with Crippen molar-refractivity contribution >= 4 is 29.6 Å². The Hall–Kier alpha value is -3.10. The van der Waals surface area contributed by atoms with Crippen LogP contribution in [-0.2, 0) is 25.5 Å². The Kier molecular flexibility index (Phi) is 8.46. The second-order valence-corrected chi connectivity index (χ2v) is 9.40. The number of carboxylic acid groups (broad SMARTS) is 1. The van der Waals surface area contributed by atoms with Crippen LogP contribution in [0.1, 0.15) is 84.4 Å². The second-order valence-electron chi connectivity index (χ2n) is 9.40. The van der Waals surface area contributed by atoms with Gasteiger partial charge in [-0.15, -0.1) is 0 Å². The van der Waals surface area contributed by atoms with Crippen LogP contribution in [0.5, 0.6) is 0 Å². The first-order chi connectivity index (χ1) is 15.4. The Morgan fingerprint density at radius 1 is 1.21 bits per heavy atom. The number of anilines is 1. The highest BCUT2D eigenvalue weighted by Crippen LogP contribution is 2.36. The lowest BCUT2D eigenvalue weighted by Crippen LogP contribution is -2.49. The van der Waals surface area contributed by atoms with Gasteiger partial charge in [0.2, 0.25) is 11.8 Å². The van der Waals surface area contributed by atoms with Gasteiger partial charge in [0.15, 0.2) is 6.04 Å². The summed E-state index contributed by atoms with van der Waals surface area (Å²) in [4.78, 5) is 51.2. The number of nitrogens with one attached hydrogen (secondary N) is 1. The van der Waals surface area contributed by atoms with Crippen molar-refractivity contribution in [3.8, 4) is 0 Å². The maximum absolute atomic E-state index is 12.9. The molecule has 0 bridgehead atoms. The molecule has 3 amide bonds. The minimum Gasteiger partial charge on any atom is -0.479 e. The quantitative estimate of drug-likeness (QED) is 0.489. The number of hydrogen-bond donors (Lipinski definition) is 2. The number of fused-ring (bicyclic) bond motifs is 1. The number of rotatable bonds is 6. The molecule has 0 spiro atoms. The molecule has 0 aromatic heterocycles. The van der Waals surface area contributed by atoms with Crippen molar-refractivity contribution in [2.75, 3.05) is 5.01 Å². The fraction of sp³-hybridized carbons (Fsp3) is 0.583. The summed E-state index contributed by atoms with van der Waals surface area (Å²) in [5, 5.41) is 11.1. The van der Waals surface area contributed by atoms with Gasteiger partial charge in [-0.25, -0.2) is 20.0 Å². The molecule has 1 aliphatic heterocycles. The second kappa shape index (κ2) is 10.7. The predicted octanol–water partition coefficient (Wildman–Crippen LogP) is 3.96. The number of unbranched alkanes of at least 4 members (excludes halogenated alkanes) is 2. The van der Waals surface area contributed by atoms with Crippen LogP contribution in [0.3, 0.4) is 0 Å². The molecule has 0 radical (unpaired) electrons. The van der Waals surface area contributed by atoms with Gasteiger partial charge >= 0.3 is 12.1 Å². The first-order valence-corrected chi connectivity index (χ1v) is 11.3. The Morgan fingerprint density at radius 3 is 2.42 bits per heavy atom. The molecule has 1 aromatic rings. The highest BCUT2D eigenvalue weighted by molar-refractivity contribution is 5.94. The van der Waals surface area contributed by atoms with Crippen molar-refractivity contribution in [2.45, 2.75) is 91.3 Å². The number of amides is 3. The van der Waals surface area contributed by atoms with Crippen molar-refractivity contribution in [2.24, 2.45) is 0 Å². The minimum atomic E-state index is -1.17. The molecule has 182 valence electrons. The normalized spacial score (nSPS) is 17.7. The van der Waals surface area contributed by atoms with E-state index in [9.17, 15) is 24.3 Å². The Bertz CT molecular complexity index is 908. The van der Waals surface area contributed by atoms with Crippen LogP contribution >= 0.6 is 0 Å². The SMILES string of the molecule is CCCCCC(=O)N1C(C(=O)O)c2cc(N(NC(=O)OC(C)(C)C)C(C)=O)ccc2C[C@@H]1C. The molecular weight excluding hydrogens is 426 g/mol. The molecule has 1 aromatic carbocycles. The summed E-state index contributed by atoms with van der Waals surface area (Å²) in [5.41, 5.74) is 3.16. The molecule has 9 nitrogen and oxygen atoms in total. The van der Waals surface area contributed by atoms with Crippen LogP contribution in [0.2, 0.25) is 0 Å². The zero-order chi connectivity index (χ0) is 24.9. The van der Waals surface area contributed by atoms with Gasteiger partial charge in [0.05, 0.1) is 5.69 Å². The number of hydrazine groups is 1. The van der Waals surface area contributed by atoms with Gasteiger partial charge in [-0.3, -0.25) is 9.59 Å². The fourth-order valence-electron chi connectivity index (χ4n) is 4.00. The van der Waals surface area contributed by atoms with E-state index >= 15 is 0 Å². The van der Waals surface area contributed by atoms with E-state index in [2.05, 4.69) is 5.43 Å². The highest BCUT2D eigenvalue weighted by atomic mass is 16.6. The first-order valence-electron chi connectivity index (χ1n) is 11.3. The van der Waals surface area contributed by atoms with E-state index in [4.69, 9.17) is 4.74 Å². The fourth-order valence-corrected chi connectivity index (χ4v) is 4.00. The molecule has 0 aliphatic carbocycles. The average molecular weight is 462 g/mol. The molecule has 0 saturated heterocycles. The third-order valence-electron chi connectivity index (χ3n) is 5.38. The number of carbonyl (C=O) groups excluding carboxylic acids is 3. The van der Waals surface area contributed by atoms with Crippen LogP contribution < -0.4 is 10.4 Å². The third-order valence-corrected chi connectivity index (χ3v) is 5.38. The maximum Gasteiger partial charge on any atom is 0.427 e. The Balaban J connectivity index is 2.41. The van der Waals surface area contributed by atoms with E-state index in [-0.39, 0.29) is 24.1 Å². The Morgan fingerprint density at radius 2 is 1.88 bits per heavy atom. The minimum absolute atomic E-state index is 0.199. The molecule has 1 heterocycles. The molecule has 0 saturated carbocycles. The lowest BCUT2D eigenvalue weighted by molar-refractivity contribution is -0.153. The lowest BCUT2D eigenvalue weighted by atomic mass is 9.87. The van der Waals surface area contributed by atoms with Crippen molar-refractivity contribution in [1.82, 2.24) is 10.3 Å². The zero-order valence-electron chi connectivity index (χ0n) is 20.3. The summed E-state index contributed by atoms with van der Waals surface area (Å²) < 4.78 is 5.23. The van der Waals surface area contributed by atoms with Gasteiger partial charge in [-0.05, 0) is 63.8 Å². The number of carboxylic acids is 1. The van der Waals surface area contributed by atoms with Gasteiger partial charge in [0.25, 0.3) is 0 Å². The van der Waals surface area contributed by atoms with E-state index in [1.807, 2.05) is 13.8 Å². The average Bonchev–Trinajstić information content (AvgIpc) is 2.69. The van der Waals surface area contributed by atoms with E-state index in [1.54, 1.807) is 39.0 Å². The van der Waals surface area contributed by atoms with Crippen molar-refractivity contribution in [3.63, 3.8) is 0 Å². The lowest BCUT2D eigenvalue weighted by Gasteiger charge is -2.40. The van der Waals surface area contributed by atoms with Crippen LogP contribution in [0.15, 0.2) is 18.2 Å². The van der Waals surface area contributed by atoms with Gasteiger partial charge in [0.1, 0.15) is 5.60 Å². The smallest absolute Gasteiger partial charge is 0.427 e. The molecule has 9 heteroatoms. The molecule has 33 heavy (non-hydrogen) atoms. The van der Waals surface area contributed by atoms with Crippen molar-refractivity contribution in [1.29, 1.82) is 0 Å². The largest absolute Gasteiger partial charge is 0.479 e. The summed E-state index contributed by atoms with van der Waals surface area (Å²) in [6.07, 6.45) is 2.54. The van der Waals surface area contributed by atoms with E-state index in [0.717, 1.165) is 23.4 Å². The van der Waals surface area contributed by atoms with Crippen molar-refractivity contribution < 1.29 is 29.0 Å². The molecule has 1 unspecified atom stereocenters. The monoisotopic (exact) mass is 461 g/mol. The summed E-state index contributed by atoms with van der Waals surface area (Å²) in [6.45, 7) is 10.3. The first kappa shape index (κ1) is 26.2.